The molecule has 9 nitrogen and oxygen atoms in total. The van der Waals surface area contributed by atoms with E-state index in [1.165, 1.54) is 80.7 Å². The van der Waals surface area contributed by atoms with Crippen molar-refractivity contribution < 1.29 is 32.3 Å². The number of hydrogen-bond donors (Lipinski definition) is 0. The first-order chi connectivity index (χ1) is 26.2. The fraction of sp³-hybridized carbons (Fsp3) is 0.488. The van der Waals surface area contributed by atoms with E-state index in [1.54, 1.807) is 23.6 Å². The Morgan fingerprint density at radius 2 is 1.35 bits per heavy atom. The number of quaternary nitrogens is 1. The highest BCUT2D eigenvalue weighted by molar-refractivity contribution is 6.07. The first-order valence-corrected chi connectivity index (χ1v) is 19.8. The molecule has 4 heterocycles. The topological polar surface area (TPSA) is 73.2 Å². The van der Waals surface area contributed by atoms with Crippen molar-refractivity contribution in [1.82, 2.24) is 9.47 Å². The van der Waals surface area contributed by atoms with Gasteiger partial charge in [0.1, 0.15) is 34.4 Å². The van der Waals surface area contributed by atoms with Crippen LogP contribution in [0, 0.1) is 11.6 Å². The number of nitrogens with zero attached hydrogens (tertiary/aromatic N) is 4. The van der Waals surface area contributed by atoms with Crippen molar-refractivity contribution in [2.24, 2.45) is 0 Å². The van der Waals surface area contributed by atoms with Crippen LogP contribution in [0.4, 0.5) is 14.5 Å². The van der Waals surface area contributed by atoms with Gasteiger partial charge >= 0.3 is 0 Å². The van der Waals surface area contributed by atoms with E-state index in [1.807, 2.05) is 38.1 Å². The average molecular weight is 746 g/mol. The summed E-state index contributed by atoms with van der Waals surface area (Å²) in [5.41, 5.74) is 0.530. The van der Waals surface area contributed by atoms with Gasteiger partial charge in [0.25, 0.3) is 5.91 Å². The highest BCUT2D eigenvalue weighted by Crippen LogP contribution is 2.30. The number of anilines is 1. The maximum Gasteiger partial charge on any atom is 0.263 e. The number of amides is 1. The monoisotopic (exact) mass is 745 g/mol. The zero-order valence-electron chi connectivity index (χ0n) is 32.1. The molecule has 0 radical (unpaired) electrons. The molecule has 0 spiro atoms. The molecule has 3 aromatic carbocycles. The van der Waals surface area contributed by atoms with E-state index in [0.29, 0.717) is 53.7 Å². The Hall–Kier alpha value is -4.48. The normalized spacial score (nSPS) is 17.8. The second kappa shape index (κ2) is 18.2. The van der Waals surface area contributed by atoms with Crippen molar-refractivity contribution in [2.75, 3.05) is 77.1 Å². The van der Waals surface area contributed by atoms with Crippen molar-refractivity contribution >= 4 is 22.5 Å². The second-order valence-corrected chi connectivity index (χ2v) is 14.7. The number of rotatable bonds is 19. The molecule has 3 fully saturated rings. The highest BCUT2D eigenvalue weighted by atomic mass is 19.1. The minimum Gasteiger partial charge on any atom is -0.494 e. The molecule has 2 bridgehead atoms. The van der Waals surface area contributed by atoms with E-state index < -0.39 is 23.0 Å². The molecular weight excluding hydrogens is 690 g/mol. The van der Waals surface area contributed by atoms with Crippen molar-refractivity contribution in [1.29, 1.82) is 0 Å². The summed E-state index contributed by atoms with van der Waals surface area (Å²) in [6, 6.07) is 13.7. The summed E-state index contributed by atoms with van der Waals surface area (Å²) in [4.78, 5) is 32.0. The van der Waals surface area contributed by atoms with Crippen LogP contribution in [0.2, 0.25) is 0 Å². The maximum atomic E-state index is 14.2. The number of fused-ring (bicyclic) bond motifs is 4. The van der Waals surface area contributed by atoms with Gasteiger partial charge in [0, 0.05) is 73.8 Å². The Labute approximate surface area is 317 Å². The van der Waals surface area contributed by atoms with E-state index in [9.17, 15) is 18.4 Å². The van der Waals surface area contributed by atoms with Gasteiger partial charge in [-0.25, -0.2) is 8.78 Å². The third kappa shape index (κ3) is 9.41. The second-order valence-electron chi connectivity index (χ2n) is 14.7. The van der Waals surface area contributed by atoms with Crippen molar-refractivity contribution in [3.63, 3.8) is 0 Å². The molecule has 1 aromatic heterocycles. The Morgan fingerprint density at radius 3 is 1.98 bits per heavy atom. The molecule has 4 aromatic rings. The molecule has 290 valence electrons. The minimum atomic E-state index is -0.817. The third-order valence-corrected chi connectivity index (χ3v) is 10.7. The number of ether oxygens (including phenoxy) is 3. The summed E-state index contributed by atoms with van der Waals surface area (Å²) in [6.45, 7) is 16.4. The van der Waals surface area contributed by atoms with Gasteiger partial charge in [0.2, 0.25) is 5.43 Å². The lowest BCUT2D eigenvalue weighted by molar-refractivity contribution is -0.941. The quantitative estimate of drug-likeness (QED) is 0.0716. The Morgan fingerprint density at radius 1 is 0.741 bits per heavy atom. The number of hydrogen-bond acceptors (Lipinski definition) is 6. The summed E-state index contributed by atoms with van der Waals surface area (Å²) in [5, 5.41) is 0.298. The fourth-order valence-electron chi connectivity index (χ4n) is 7.68. The Balaban J connectivity index is 1.25. The van der Waals surface area contributed by atoms with Gasteiger partial charge in [-0.15, -0.1) is 0 Å². The predicted octanol–water partition coefficient (Wildman–Crippen LogP) is 7.99. The van der Waals surface area contributed by atoms with Gasteiger partial charge in [-0.1, -0.05) is 26.7 Å². The number of halogens is 2. The number of carbonyl (C=O) groups excluding carboxylic acids is 1. The van der Waals surface area contributed by atoms with Crippen LogP contribution in [-0.2, 0) is 0 Å². The molecule has 7 rings (SSSR count). The van der Waals surface area contributed by atoms with Gasteiger partial charge in [-0.2, -0.15) is 0 Å². The summed E-state index contributed by atoms with van der Waals surface area (Å²) in [7, 11) is 0. The van der Waals surface area contributed by atoms with Gasteiger partial charge in [-0.3, -0.25) is 14.5 Å². The molecule has 0 aliphatic carbocycles. The number of carbonyl (C=O) groups is 1. The number of benzene rings is 3. The first-order valence-electron chi connectivity index (χ1n) is 19.8. The van der Waals surface area contributed by atoms with Crippen molar-refractivity contribution in [3.05, 3.63) is 88.2 Å². The molecular formula is C43H55F2N4O5+. The van der Waals surface area contributed by atoms with Gasteiger partial charge < -0.3 is 28.2 Å². The van der Waals surface area contributed by atoms with Crippen molar-refractivity contribution in [2.45, 2.75) is 65.7 Å². The van der Waals surface area contributed by atoms with Crippen molar-refractivity contribution in [3.8, 4) is 22.9 Å². The third-order valence-electron chi connectivity index (χ3n) is 10.7. The van der Waals surface area contributed by atoms with E-state index >= 15 is 0 Å². The molecule has 3 saturated heterocycles. The molecule has 3 aliphatic rings. The zero-order valence-corrected chi connectivity index (χ0v) is 32.1. The molecule has 1 amide bonds. The van der Waals surface area contributed by atoms with Gasteiger partial charge in [-0.05, 0) is 63.3 Å². The van der Waals surface area contributed by atoms with Crippen LogP contribution < -0.4 is 24.5 Å². The summed E-state index contributed by atoms with van der Waals surface area (Å²) < 4.78 is 49.9. The number of piperazine rings is 3. The average Bonchev–Trinajstić information content (AvgIpc) is 3.18. The number of unbranched alkanes of at least 4 members (excludes halogenated alkanes) is 4. The lowest BCUT2D eigenvalue weighted by Crippen LogP contribution is -2.67. The molecule has 0 saturated carbocycles. The molecule has 0 N–H and O–H groups in total. The summed E-state index contributed by atoms with van der Waals surface area (Å²) in [6.07, 6.45) is 8.82. The largest absolute Gasteiger partial charge is 0.494 e. The van der Waals surface area contributed by atoms with Crippen LogP contribution in [-0.4, -0.2) is 92.0 Å². The maximum absolute atomic E-state index is 14.2. The molecule has 3 aliphatic heterocycles. The summed E-state index contributed by atoms with van der Waals surface area (Å²) in [5.74, 6) is -0.529. The summed E-state index contributed by atoms with van der Waals surface area (Å²) >= 11 is 0. The van der Waals surface area contributed by atoms with E-state index in [-0.39, 0.29) is 17.8 Å². The predicted molar refractivity (Wildman–Crippen MR) is 210 cm³/mol. The lowest BCUT2D eigenvalue weighted by Gasteiger charge is -2.50. The molecule has 0 atom stereocenters. The Kier molecular flexibility index (Phi) is 13.2. The minimum absolute atomic E-state index is 0.0217. The van der Waals surface area contributed by atoms with Crippen LogP contribution in [0.15, 0.2) is 65.6 Å². The Bertz CT molecular complexity index is 1900. The standard InChI is InChI=1S/C43H55F2N4O5/c1-4-21-52-37-27-35(28-38(29-37)53-22-5-2)48-31-40(43(51)47(6-3)34-25-32(44)24-33(45)26-34)42(50)39-13-12-36(30-41(39)48)54-23-11-9-7-8-10-17-49-18-14-46(15-19-49)16-20-49/h12-13,24-31H,4-11,14-23H2,1-3H3/q+1. The van der Waals surface area contributed by atoms with E-state index in [2.05, 4.69) is 4.90 Å². The van der Waals surface area contributed by atoms with Crippen LogP contribution >= 0.6 is 0 Å². The van der Waals surface area contributed by atoms with Crippen LogP contribution in [0.1, 0.15) is 76.1 Å². The van der Waals surface area contributed by atoms with E-state index in [4.69, 9.17) is 14.2 Å². The highest BCUT2D eigenvalue weighted by Gasteiger charge is 2.37. The van der Waals surface area contributed by atoms with Gasteiger partial charge in [0.05, 0.1) is 57.2 Å². The molecule has 11 heteroatoms. The number of aromatic nitrogens is 1. The van der Waals surface area contributed by atoms with Crippen LogP contribution in [0.5, 0.6) is 17.2 Å². The fourth-order valence-corrected chi connectivity index (χ4v) is 7.68. The molecule has 0 unspecified atom stereocenters. The smallest absolute Gasteiger partial charge is 0.263 e. The lowest BCUT2D eigenvalue weighted by atomic mass is 10.1. The zero-order chi connectivity index (χ0) is 38.1. The molecule has 54 heavy (non-hydrogen) atoms. The van der Waals surface area contributed by atoms with Gasteiger partial charge in [0.15, 0.2) is 0 Å². The van der Waals surface area contributed by atoms with E-state index in [0.717, 1.165) is 43.9 Å². The number of pyridine rings is 1. The SMILES string of the molecule is CCCOc1cc(OCCC)cc(-n2cc(C(=O)N(CC)c3cc(F)cc(F)c3)c(=O)c3ccc(OCCCCCCC[N+]45CCN(CC4)CC5)cc32)c1. The van der Waals surface area contributed by atoms with Crippen LogP contribution in [0.3, 0.4) is 0 Å². The van der Waals surface area contributed by atoms with Crippen LogP contribution in [0.25, 0.3) is 16.6 Å². The first kappa shape index (κ1) is 39.2.